The molecule has 0 aliphatic rings. The minimum Gasteiger partial charge on any atom is -0.471 e. The van der Waals surface area contributed by atoms with Crippen molar-refractivity contribution >= 4 is 6.29 Å². The maximum Gasteiger partial charge on any atom is 0.243 e. The maximum atomic E-state index is 10.7. The molecule has 0 atom stereocenters. The second kappa shape index (κ2) is 5.02. The number of carbonyl (C=O) groups excluding carboxylic acids is 1. The normalized spacial score (nSPS) is 9.75. The van der Waals surface area contributed by atoms with Crippen LogP contribution in [0.15, 0.2) is 42.7 Å². The number of rotatable bonds is 4. The SMILES string of the molecule is O=Cc1nccnc1OCc1ccccc1. The zero-order chi connectivity index (χ0) is 11.2. The highest BCUT2D eigenvalue weighted by Crippen LogP contribution is 2.11. The summed E-state index contributed by atoms with van der Waals surface area (Å²) in [6, 6.07) is 9.67. The van der Waals surface area contributed by atoms with Gasteiger partial charge in [0.25, 0.3) is 0 Å². The van der Waals surface area contributed by atoms with Crippen molar-refractivity contribution in [2.24, 2.45) is 0 Å². The lowest BCUT2D eigenvalue weighted by Gasteiger charge is -2.05. The van der Waals surface area contributed by atoms with E-state index in [1.165, 1.54) is 12.4 Å². The second-order valence-corrected chi connectivity index (χ2v) is 3.14. The lowest BCUT2D eigenvalue weighted by Crippen LogP contribution is -2.01. The van der Waals surface area contributed by atoms with Crippen molar-refractivity contribution in [3.63, 3.8) is 0 Å². The highest BCUT2D eigenvalue weighted by Gasteiger charge is 2.04. The number of ether oxygens (including phenoxy) is 1. The third-order valence-corrected chi connectivity index (χ3v) is 2.02. The van der Waals surface area contributed by atoms with Crippen molar-refractivity contribution in [3.05, 3.63) is 54.0 Å². The number of hydrogen-bond acceptors (Lipinski definition) is 4. The van der Waals surface area contributed by atoms with Crippen molar-refractivity contribution in [2.75, 3.05) is 0 Å². The van der Waals surface area contributed by atoms with Crippen LogP contribution in [0.25, 0.3) is 0 Å². The number of aldehydes is 1. The molecule has 0 saturated heterocycles. The molecule has 4 heteroatoms. The highest BCUT2D eigenvalue weighted by atomic mass is 16.5. The third kappa shape index (κ3) is 2.42. The molecular weight excluding hydrogens is 204 g/mol. The molecule has 80 valence electrons. The van der Waals surface area contributed by atoms with Gasteiger partial charge < -0.3 is 4.74 Å². The molecule has 0 bridgehead atoms. The van der Waals surface area contributed by atoms with Gasteiger partial charge in [0.15, 0.2) is 12.0 Å². The Hall–Kier alpha value is -2.23. The van der Waals surface area contributed by atoms with Crippen LogP contribution in [0.5, 0.6) is 5.88 Å². The molecular formula is C12H10N2O2. The smallest absolute Gasteiger partial charge is 0.243 e. The summed E-state index contributed by atoms with van der Waals surface area (Å²) in [6.45, 7) is 0.375. The number of aromatic nitrogens is 2. The van der Waals surface area contributed by atoms with Crippen molar-refractivity contribution in [2.45, 2.75) is 6.61 Å². The summed E-state index contributed by atoms with van der Waals surface area (Å²) in [5, 5.41) is 0. The molecule has 0 fully saturated rings. The number of benzene rings is 1. The predicted octanol–water partition coefficient (Wildman–Crippen LogP) is 1.87. The molecule has 0 radical (unpaired) electrons. The second-order valence-electron chi connectivity index (χ2n) is 3.14. The molecule has 0 N–H and O–H groups in total. The van der Waals surface area contributed by atoms with Gasteiger partial charge in [-0.05, 0) is 5.56 Å². The summed E-state index contributed by atoms with van der Waals surface area (Å²) >= 11 is 0. The quantitative estimate of drug-likeness (QED) is 0.729. The molecule has 1 heterocycles. The first-order valence-corrected chi connectivity index (χ1v) is 4.83. The summed E-state index contributed by atoms with van der Waals surface area (Å²) < 4.78 is 5.41. The van der Waals surface area contributed by atoms with Crippen LogP contribution in [0, 0.1) is 0 Å². The van der Waals surface area contributed by atoms with Crippen LogP contribution >= 0.6 is 0 Å². The van der Waals surface area contributed by atoms with E-state index in [4.69, 9.17) is 4.74 Å². The summed E-state index contributed by atoms with van der Waals surface area (Å²) in [5.41, 5.74) is 1.24. The van der Waals surface area contributed by atoms with E-state index in [1.807, 2.05) is 30.3 Å². The van der Waals surface area contributed by atoms with Crippen molar-refractivity contribution in [1.29, 1.82) is 0 Å². The Kier molecular flexibility index (Phi) is 3.23. The van der Waals surface area contributed by atoms with E-state index >= 15 is 0 Å². The first kappa shape index (κ1) is 10.3. The van der Waals surface area contributed by atoms with E-state index in [1.54, 1.807) is 0 Å². The van der Waals surface area contributed by atoms with E-state index in [0.29, 0.717) is 12.9 Å². The van der Waals surface area contributed by atoms with Gasteiger partial charge in [-0.25, -0.2) is 9.97 Å². The molecule has 0 aliphatic heterocycles. The van der Waals surface area contributed by atoms with Crippen LogP contribution in [0.1, 0.15) is 16.1 Å². The molecule has 0 unspecified atom stereocenters. The van der Waals surface area contributed by atoms with Gasteiger partial charge in [0.05, 0.1) is 0 Å². The lowest BCUT2D eigenvalue weighted by molar-refractivity contribution is 0.111. The fraction of sp³-hybridized carbons (Fsp3) is 0.0833. The van der Waals surface area contributed by atoms with Crippen LogP contribution in [-0.4, -0.2) is 16.3 Å². The molecule has 16 heavy (non-hydrogen) atoms. The molecule has 2 rings (SSSR count). The van der Waals surface area contributed by atoms with Gasteiger partial charge in [0.1, 0.15) is 6.61 Å². The van der Waals surface area contributed by atoms with Gasteiger partial charge in [0, 0.05) is 12.4 Å². The van der Waals surface area contributed by atoms with Crippen molar-refractivity contribution in [3.8, 4) is 5.88 Å². The van der Waals surface area contributed by atoms with Gasteiger partial charge in [0.2, 0.25) is 5.88 Å². The zero-order valence-corrected chi connectivity index (χ0v) is 8.54. The zero-order valence-electron chi connectivity index (χ0n) is 8.54. The first-order valence-electron chi connectivity index (χ1n) is 4.83. The minimum atomic E-state index is 0.221. The Labute approximate surface area is 92.9 Å². The topological polar surface area (TPSA) is 52.1 Å². The highest BCUT2D eigenvalue weighted by molar-refractivity contribution is 5.74. The van der Waals surface area contributed by atoms with Gasteiger partial charge in [-0.1, -0.05) is 30.3 Å². The van der Waals surface area contributed by atoms with Crippen LogP contribution in [-0.2, 0) is 6.61 Å². The monoisotopic (exact) mass is 214 g/mol. The maximum absolute atomic E-state index is 10.7. The fourth-order valence-electron chi connectivity index (χ4n) is 1.25. The number of hydrogen-bond donors (Lipinski definition) is 0. The van der Waals surface area contributed by atoms with E-state index in [0.717, 1.165) is 5.56 Å². The van der Waals surface area contributed by atoms with Crippen LogP contribution in [0.2, 0.25) is 0 Å². The Balaban J connectivity index is 2.08. The van der Waals surface area contributed by atoms with E-state index < -0.39 is 0 Å². The summed E-state index contributed by atoms with van der Waals surface area (Å²) in [4.78, 5) is 18.5. The third-order valence-electron chi connectivity index (χ3n) is 2.02. The van der Waals surface area contributed by atoms with Gasteiger partial charge >= 0.3 is 0 Å². The number of carbonyl (C=O) groups is 1. The molecule has 1 aromatic heterocycles. The number of nitrogens with zero attached hydrogens (tertiary/aromatic N) is 2. The summed E-state index contributed by atoms with van der Waals surface area (Å²) in [7, 11) is 0. The Morgan fingerprint density at radius 2 is 1.88 bits per heavy atom. The minimum absolute atomic E-state index is 0.221. The van der Waals surface area contributed by atoms with Crippen molar-refractivity contribution in [1.82, 2.24) is 9.97 Å². The van der Waals surface area contributed by atoms with Crippen molar-refractivity contribution < 1.29 is 9.53 Å². The molecule has 4 nitrogen and oxygen atoms in total. The Morgan fingerprint density at radius 3 is 2.62 bits per heavy atom. The average molecular weight is 214 g/mol. The predicted molar refractivity (Wildman–Crippen MR) is 58.2 cm³/mol. The van der Waals surface area contributed by atoms with Gasteiger partial charge in [-0.15, -0.1) is 0 Å². The van der Waals surface area contributed by atoms with E-state index in [-0.39, 0.29) is 11.6 Å². The summed E-state index contributed by atoms with van der Waals surface area (Å²) in [6.07, 6.45) is 3.58. The Morgan fingerprint density at radius 1 is 1.12 bits per heavy atom. The Bertz CT molecular complexity index is 471. The summed E-state index contributed by atoms with van der Waals surface area (Å²) in [5.74, 6) is 0.265. The van der Waals surface area contributed by atoms with Crippen LogP contribution in [0.3, 0.4) is 0 Å². The van der Waals surface area contributed by atoms with Gasteiger partial charge in [-0.3, -0.25) is 4.79 Å². The van der Waals surface area contributed by atoms with Gasteiger partial charge in [-0.2, -0.15) is 0 Å². The van der Waals surface area contributed by atoms with E-state index in [2.05, 4.69) is 9.97 Å². The van der Waals surface area contributed by atoms with Crippen LogP contribution < -0.4 is 4.74 Å². The average Bonchev–Trinajstić information content (AvgIpc) is 2.38. The molecule has 2 aromatic rings. The molecule has 0 amide bonds. The molecule has 0 aliphatic carbocycles. The van der Waals surface area contributed by atoms with Crippen LogP contribution in [0.4, 0.5) is 0 Å². The first-order chi connectivity index (χ1) is 7.90. The largest absolute Gasteiger partial charge is 0.471 e. The molecule has 0 saturated carbocycles. The van der Waals surface area contributed by atoms with E-state index in [9.17, 15) is 4.79 Å². The lowest BCUT2D eigenvalue weighted by atomic mass is 10.2. The molecule has 0 spiro atoms. The fourth-order valence-corrected chi connectivity index (χ4v) is 1.25. The molecule has 1 aromatic carbocycles. The standard InChI is InChI=1S/C12H10N2O2/c15-8-11-12(14-7-6-13-11)16-9-10-4-2-1-3-5-10/h1-8H,9H2.